The number of aromatic nitrogens is 3. The molecule has 0 aromatic carbocycles. The average Bonchev–Trinajstić information content (AvgIpc) is 2.74. The van der Waals surface area contributed by atoms with Crippen LogP contribution in [0, 0.1) is 0 Å². The minimum Gasteiger partial charge on any atom is -0.351 e. The van der Waals surface area contributed by atoms with Crippen molar-refractivity contribution in [2.24, 2.45) is 5.73 Å². The molecule has 2 atom stereocenters. The molecule has 1 saturated carbocycles. The topological polar surface area (TPSA) is 79.6 Å². The first-order valence-electron chi connectivity index (χ1n) is 6.16. The number of hydrogen-bond acceptors (Lipinski definition) is 4. The third kappa shape index (κ3) is 2.10. The maximum Gasteiger partial charge on any atom is 0.202 e. The molecular formula is C12H17N5. The van der Waals surface area contributed by atoms with Gasteiger partial charge in [0.25, 0.3) is 0 Å². The van der Waals surface area contributed by atoms with Gasteiger partial charge in [0.15, 0.2) is 5.65 Å². The SMILES string of the molecule is N[C@@H]1CCCC[C@@H]1Nc1nc2ncccc2[nH]1. The number of aromatic amines is 1. The summed E-state index contributed by atoms with van der Waals surface area (Å²) in [6, 6.07) is 4.42. The van der Waals surface area contributed by atoms with Crippen LogP contribution in [0.1, 0.15) is 25.7 Å². The van der Waals surface area contributed by atoms with Gasteiger partial charge in [-0.15, -0.1) is 0 Å². The molecule has 1 fully saturated rings. The van der Waals surface area contributed by atoms with Crippen molar-refractivity contribution in [2.75, 3.05) is 5.32 Å². The van der Waals surface area contributed by atoms with Crippen LogP contribution in [0.2, 0.25) is 0 Å². The molecule has 5 heteroatoms. The van der Waals surface area contributed by atoms with Gasteiger partial charge in [-0.2, -0.15) is 4.98 Å². The molecule has 0 radical (unpaired) electrons. The summed E-state index contributed by atoms with van der Waals surface area (Å²) in [5.74, 6) is 0.779. The highest BCUT2D eigenvalue weighted by molar-refractivity contribution is 5.72. The molecule has 5 nitrogen and oxygen atoms in total. The second kappa shape index (κ2) is 4.33. The number of pyridine rings is 1. The summed E-state index contributed by atoms with van der Waals surface area (Å²) in [6.45, 7) is 0. The van der Waals surface area contributed by atoms with E-state index < -0.39 is 0 Å². The molecule has 90 valence electrons. The van der Waals surface area contributed by atoms with Gasteiger partial charge < -0.3 is 16.0 Å². The Morgan fingerprint density at radius 3 is 3.06 bits per heavy atom. The number of fused-ring (bicyclic) bond motifs is 1. The van der Waals surface area contributed by atoms with Gasteiger partial charge in [-0.3, -0.25) is 0 Å². The van der Waals surface area contributed by atoms with Crippen molar-refractivity contribution in [3.8, 4) is 0 Å². The lowest BCUT2D eigenvalue weighted by Gasteiger charge is -2.28. The molecule has 3 rings (SSSR count). The van der Waals surface area contributed by atoms with Gasteiger partial charge in [0.2, 0.25) is 5.95 Å². The zero-order valence-corrected chi connectivity index (χ0v) is 9.69. The van der Waals surface area contributed by atoms with E-state index in [-0.39, 0.29) is 6.04 Å². The Balaban J connectivity index is 1.79. The largest absolute Gasteiger partial charge is 0.351 e. The van der Waals surface area contributed by atoms with Crippen LogP contribution in [0.4, 0.5) is 5.95 Å². The smallest absolute Gasteiger partial charge is 0.202 e. The van der Waals surface area contributed by atoms with Crippen molar-refractivity contribution in [1.29, 1.82) is 0 Å². The van der Waals surface area contributed by atoms with E-state index in [0.29, 0.717) is 6.04 Å². The number of hydrogen-bond donors (Lipinski definition) is 3. The van der Waals surface area contributed by atoms with Gasteiger partial charge in [-0.05, 0) is 25.0 Å². The summed E-state index contributed by atoms with van der Waals surface area (Å²) in [5, 5.41) is 3.39. The van der Waals surface area contributed by atoms with Crippen LogP contribution >= 0.6 is 0 Å². The fourth-order valence-electron chi connectivity index (χ4n) is 2.43. The summed E-state index contributed by atoms with van der Waals surface area (Å²) in [5.41, 5.74) is 7.81. The average molecular weight is 231 g/mol. The quantitative estimate of drug-likeness (QED) is 0.734. The van der Waals surface area contributed by atoms with Crippen molar-refractivity contribution in [2.45, 2.75) is 37.8 Å². The van der Waals surface area contributed by atoms with Gasteiger partial charge in [-0.25, -0.2) is 4.98 Å². The first kappa shape index (κ1) is 10.5. The number of rotatable bonds is 2. The Labute approximate surface area is 99.8 Å². The third-order valence-corrected chi connectivity index (χ3v) is 3.40. The Morgan fingerprint density at radius 2 is 2.24 bits per heavy atom. The monoisotopic (exact) mass is 231 g/mol. The van der Waals surface area contributed by atoms with Crippen LogP contribution < -0.4 is 11.1 Å². The Kier molecular flexibility index (Phi) is 2.68. The molecule has 2 heterocycles. The van der Waals surface area contributed by atoms with Gasteiger partial charge >= 0.3 is 0 Å². The predicted octanol–water partition coefficient (Wildman–Crippen LogP) is 1.64. The second-order valence-electron chi connectivity index (χ2n) is 4.66. The van der Waals surface area contributed by atoms with Crippen LogP contribution in [0.5, 0.6) is 0 Å². The molecule has 0 aliphatic heterocycles. The molecule has 1 aliphatic carbocycles. The molecule has 17 heavy (non-hydrogen) atoms. The molecule has 0 saturated heterocycles. The van der Waals surface area contributed by atoms with Gasteiger partial charge in [-0.1, -0.05) is 12.8 Å². The first-order valence-corrected chi connectivity index (χ1v) is 6.16. The second-order valence-corrected chi connectivity index (χ2v) is 4.66. The van der Waals surface area contributed by atoms with Gasteiger partial charge in [0.1, 0.15) is 0 Å². The summed E-state index contributed by atoms with van der Waals surface area (Å²) < 4.78 is 0. The van der Waals surface area contributed by atoms with Crippen LogP contribution in [0.25, 0.3) is 11.2 Å². The van der Waals surface area contributed by atoms with Crippen molar-refractivity contribution in [3.05, 3.63) is 18.3 Å². The summed E-state index contributed by atoms with van der Waals surface area (Å²) in [4.78, 5) is 11.8. The van der Waals surface area contributed by atoms with Crippen LogP contribution in [0.3, 0.4) is 0 Å². The van der Waals surface area contributed by atoms with E-state index in [1.54, 1.807) is 6.20 Å². The van der Waals surface area contributed by atoms with Crippen LogP contribution in [-0.2, 0) is 0 Å². The zero-order chi connectivity index (χ0) is 11.7. The van der Waals surface area contributed by atoms with Crippen molar-refractivity contribution < 1.29 is 0 Å². The Morgan fingerprint density at radius 1 is 1.35 bits per heavy atom. The van der Waals surface area contributed by atoms with Gasteiger partial charge in [0.05, 0.1) is 5.52 Å². The van der Waals surface area contributed by atoms with E-state index in [4.69, 9.17) is 5.73 Å². The Hall–Kier alpha value is -1.62. The van der Waals surface area contributed by atoms with Crippen LogP contribution in [0.15, 0.2) is 18.3 Å². The molecule has 0 bridgehead atoms. The van der Waals surface area contributed by atoms with Crippen molar-refractivity contribution in [3.63, 3.8) is 0 Å². The van der Waals surface area contributed by atoms with E-state index in [2.05, 4.69) is 20.3 Å². The third-order valence-electron chi connectivity index (χ3n) is 3.40. The fraction of sp³-hybridized carbons (Fsp3) is 0.500. The summed E-state index contributed by atoms with van der Waals surface area (Å²) in [7, 11) is 0. The molecule has 2 aromatic heterocycles. The van der Waals surface area contributed by atoms with E-state index in [1.807, 2.05) is 12.1 Å². The minimum atomic E-state index is 0.227. The maximum absolute atomic E-state index is 6.10. The molecule has 1 aliphatic rings. The minimum absolute atomic E-state index is 0.227. The number of imidazole rings is 1. The van der Waals surface area contributed by atoms with Crippen LogP contribution in [-0.4, -0.2) is 27.0 Å². The van der Waals surface area contributed by atoms with E-state index in [1.165, 1.54) is 12.8 Å². The summed E-state index contributed by atoms with van der Waals surface area (Å²) in [6.07, 6.45) is 6.44. The number of nitrogens with zero attached hydrogens (tertiary/aromatic N) is 2. The molecule has 2 aromatic rings. The lowest BCUT2D eigenvalue weighted by atomic mass is 9.91. The lowest BCUT2D eigenvalue weighted by molar-refractivity contribution is 0.403. The summed E-state index contributed by atoms with van der Waals surface area (Å²) >= 11 is 0. The highest BCUT2D eigenvalue weighted by Gasteiger charge is 2.22. The number of anilines is 1. The van der Waals surface area contributed by atoms with E-state index in [0.717, 1.165) is 30.0 Å². The number of H-pyrrole nitrogens is 1. The fourth-order valence-corrected chi connectivity index (χ4v) is 2.43. The molecule has 4 N–H and O–H groups in total. The van der Waals surface area contributed by atoms with Crippen molar-refractivity contribution in [1.82, 2.24) is 15.0 Å². The van der Waals surface area contributed by atoms with E-state index >= 15 is 0 Å². The molecule has 0 spiro atoms. The van der Waals surface area contributed by atoms with Gasteiger partial charge in [0, 0.05) is 18.3 Å². The maximum atomic E-state index is 6.10. The molecular weight excluding hydrogens is 214 g/mol. The highest BCUT2D eigenvalue weighted by Crippen LogP contribution is 2.20. The molecule has 0 amide bonds. The Bertz CT molecular complexity index is 473. The predicted molar refractivity (Wildman–Crippen MR) is 67.7 cm³/mol. The zero-order valence-electron chi connectivity index (χ0n) is 9.69. The number of nitrogens with one attached hydrogen (secondary N) is 2. The lowest BCUT2D eigenvalue weighted by Crippen LogP contribution is -2.42. The first-order chi connectivity index (χ1) is 8.33. The molecule has 0 unspecified atom stereocenters. The normalized spacial score (nSPS) is 25.0. The highest BCUT2D eigenvalue weighted by atomic mass is 15.2. The number of nitrogens with two attached hydrogens (primary N) is 1. The van der Waals surface area contributed by atoms with E-state index in [9.17, 15) is 0 Å². The standard InChI is InChI=1S/C12H17N5/c13-8-4-1-2-5-9(8)15-12-16-10-6-3-7-14-11(10)17-12/h3,6-9H,1-2,4-5,13H2,(H2,14,15,16,17)/t8-,9+/m1/s1. The van der Waals surface area contributed by atoms with Crippen molar-refractivity contribution >= 4 is 17.1 Å².